The summed E-state index contributed by atoms with van der Waals surface area (Å²) in [5.74, 6) is -3.00. The maximum Gasteiger partial charge on any atom is 0.313 e. The van der Waals surface area contributed by atoms with Crippen LogP contribution in [-0.2, 0) is 28.7 Å². The number of esters is 1. The second kappa shape index (κ2) is 16.6. The van der Waals surface area contributed by atoms with Gasteiger partial charge in [0.15, 0.2) is 0 Å². The summed E-state index contributed by atoms with van der Waals surface area (Å²) in [5.41, 5.74) is -0.476. The molecule has 2 bridgehead atoms. The number of hydrogen-bond donors (Lipinski definition) is 2. The lowest BCUT2D eigenvalue weighted by molar-refractivity contribution is -0.160. The fraction of sp³-hybridized carbons (Fsp3) is 0.622. The molecule has 3 saturated heterocycles. The normalized spacial score (nSPS) is 28.5. The van der Waals surface area contributed by atoms with Gasteiger partial charge in [0.25, 0.3) is 0 Å². The van der Waals surface area contributed by atoms with Gasteiger partial charge < -0.3 is 29.7 Å². The van der Waals surface area contributed by atoms with Crippen LogP contribution in [0.3, 0.4) is 0 Å². The quantitative estimate of drug-likeness (QED) is 0.104. The number of alkyl halides is 1. The van der Waals surface area contributed by atoms with Crippen LogP contribution >= 0.6 is 15.9 Å². The van der Waals surface area contributed by atoms with Crippen molar-refractivity contribution in [2.45, 2.75) is 105 Å². The van der Waals surface area contributed by atoms with E-state index in [-0.39, 0.29) is 48.2 Å². The molecule has 1 aromatic rings. The zero-order valence-electron chi connectivity index (χ0n) is 27.8. The number of benzene rings is 1. The molecule has 1 aliphatic carbocycles. The number of aliphatic hydroxyl groups is 1. The highest BCUT2D eigenvalue weighted by molar-refractivity contribution is 9.09. The van der Waals surface area contributed by atoms with Gasteiger partial charge in [-0.05, 0) is 50.5 Å². The number of aliphatic hydroxyl groups excluding tert-OH is 1. The minimum absolute atomic E-state index is 0.0542. The first kappa shape index (κ1) is 36.3. The van der Waals surface area contributed by atoms with Crippen LogP contribution in [0, 0.1) is 11.8 Å². The molecule has 3 aliphatic heterocycles. The van der Waals surface area contributed by atoms with Crippen molar-refractivity contribution in [1.82, 2.24) is 15.1 Å². The summed E-state index contributed by atoms with van der Waals surface area (Å²) in [4.78, 5) is 59.3. The van der Waals surface area contributed by atoms with Crippen LogP contribution in [0.2, 0.25) is 0 Å². The molecule has 2 N–H and O–H groups in total. The van der Waals surface area contributed by atoms with Gasteiger partial charge in [0.2, 0.25) is 17.7 Å². The number of unbranched alkanes of at least 4 members (excludes halogenated alkanes) is 2. The maximum absolute atomic E-state index is 14.8. The van der Waals surface area contributed by atoms with Gasteiger partial charge >= 0.3 is 5.97 Å². The minimum Gasteiger partial charge on any atom is -0.455 e. The molecule has 1 unspecified atom stereocenters. The highest BCUT2D eigenvalue weighted by Gasteiger charge is 2.77. The van der Waals surface area contributed by atoms with Crippen molar-refractivity contribution in [1.29, 1.82) is 0 Å². The second-order valence-electron chi connectivity index (χ2n) is 13.5. The predicted molar refractivity (Wildman–Crippen MR) is 185 cm³/mol. The number of amides is 3. The molecule has 0 aromatic heterocycles. The minimum atomic E-state index is -1.19. The molecule has 11 heteroatoms. The van der Waals surface area contributed by atoms with E-state index < -0.39 is 41.7 Å². The lowest BCUT2D eigenvalue weighted by atomic mass is 9.70. The van der Waals surface area contributed by atoms with E-state index in [1.807, 2.05) is 35.2 Å². The van der Waals surface area contributed by atoms with Crippen molar-refractivity contribution in [2.75, 3.05) is 26.2 Å². The van der Waals surface area contributed by atoms with Crippen molar-refractivity contribution in [3.05, 3.63) is 61.2 Å². The summed E-state index contributed by atoms with van der Waals surface area (Å²) in [7, 11) is 0. The van der Waals surface area contributed by atoms with Gasteiger partial charge in [0.1, 0.15) is 17.7 Å². The van der Waals surface area contributed by atoms with Crippen molar-refractivity contribution < 1.29 is 33.8 Å². The average Bonchev–Trinajstić information content (AvgIpc) is 3.69. The SMILES string of the molecule is C=CCCC(=O)NC[C@H](OC(=O)[C@@H]1[C@H]2O[C@@]3(CC2Br)[C@H](C(=O)N(CC=C)C2CCCCC2)N(CCCCCO)C(=O)[C@@H]13)c1ccccc1. The molecule has 10 nitrogen and oxygen atoms in total. The Morgan fingerprint density at radius 2 is 1.88 bits per heavy atom. The van der Waals surface area contributed by atoms with E-state index in [2.05, 4.69) is 34.4 Å². The Morgan fingerprint density at radius 1 is 1.12 bits per heavy atom. The van der Waals surface area contributed by atoms with Gasteiger partial charge in [0, 0.05) is 37.0 Å². The van der Waals surface area contributed by atoms with Gasteiger partial charge in [-0.3, -0.25) is 19.2 Å². The van der Waals surface area contributed by atoms with Gasteiger partial charge in [-0.25, -0.2) is 0 Å². The highest BCUT2D eigenvalue weighted by Crippen LogP contribution is 2.60. The fourth-order valence-electron chi connectivity index (χ4n) is 8.24. The molecule has 3 amide bonds. The first-order valence-electron chi connectivity index (χ1n) is 17.5. The average molecular weight is 729 g/mol. The Morgan fingerprint density at radius 3 is 2.56 bits per heavy atom. The van der Waals surface area contributed by atoms with E-state index in [1.165, 1.54) is 0 Å². The standard InChI is InChI=1S/C37H50BrN3O7/c1-3-5-19-29(43)39-24-28(25-15-9-6-10-16-25)47-36(46)30-31-34(44)41(21-13-8-14-22-42)33(37(31)23-27(38)32(30)48-37)35(45)40(20-4-2)26-17-11-7-12-18-26/h3-4,6,9-10,15-16,26-28,30-33,42H,1-2,5,7-8,11-14,17-24H2,(H,39,43)/t27?,28-,30-,31+,32-,33-,37+/m0/s1. The van der Waals surface area contributed by atoms with Crippen LogP contribution < -0.4 is 5.32 Å². The van der Waals surface area contributed by atoms with Crippen LogP contribution in [0.15, 0.2) is 55.6 Å². The highest BCUT2D eigenvalue weighted by atomic mass is 79.9. The van der Waals surface area contributed by atoms with Crippen molar-refractivity contribution in [2.24, 2.45) is 11.8 Å². The molecule has 48 heavy (non-hydrogen) atoms. The Hall–Kier alpha value is -3.02. The number of ether oxygens (including phenoxy) is 2. The van der Waals surface area contributed by atoms with Gasteiger partial charge in [-0.1, -0.05) is 77.7 Å². The monoisotopic (exact) mass is 727 g/mol. The number of rotatable bonds is 17. The molecular weight excluding hydrogens is 678 g/mol. The summed E-state index contributed by atoms with van der Waals surface area (Å²) in [5, 5.41) is 12.2. The molecular formula is C37H50BrN3O7. The number of hydrogen-bond acceptors (Lipinski definition) is 7. The van der Waals surface area contributed by atoms with Crippen molar-refractivity contribution >= 4 is 39.6 Å². The Labute approximate surface area is 292 Å². The lowest BCUT2D eigenvalue weighted by Crippen LogP contribution is -2.58. The number of nitrogens with zero attached hydrogens (tertiary/aromatic N) is 2. The first-order valence-corrected chi connectivity index (χ1v) is 18.5. The summed E-state index contributed by atoms with van der Waals surface area (Å²) in [6.45, 7) is 8.43. The van der Waals surface area contributed by atoms with Crippen LogP contribution in [0.5, 0.6) is 0 Å². The number of allylic oxidation sites excluding steroid dienone is 1. The van der Waals surface area contributed by atoms with E-state index in [4.69, 9.17) is 9.47 Å². The summed E-state index contributed by atoms with van der Waals surface area (Å²) >= 11 is 3.76. The molecule has 262 valence electrons. The van der Waals surface area contributed by atoms with E-state index in [0.29, 0.717) is 50.8 Å². The third kappa shape index (κ3) is 7.43. The molecule has 4 aliphatic rings. The Kier molecular flexibility index (Phi) is 12.5. The van der Waals surface area contributed by atoms with Crippen LogP contribution in [-0.4, -0.2) is 93.5 Å². The fourth-order valence-corrected chi connectivity index (χ4v) is 9.18. The van der Waals surface area contributed by atoms with Crippen LogP contribution in [0.4, 0.5) is 0 Å². The lowest BCUT2D eigenvalue weighted by Gasteiger charge is -2.41. The summed E-state index contributed by atoms with van der Waals surface area (Å²) in [6, 6.07) is 8.38. The second-order valence-corrected chi connectivity index (χ2v) is 14.7. The number of halogens is 1. The Bertz CT molecular complexity index is 1320. The van der Waals surface area contributed by atoms with Crippen molar-refractivity contribution in [3.63, 3.8) is 0 Å². The van der Waals surface area contributed by atoms with Gasteiger partial charge in [-0.15, -0.1) is 13.2 Å². The molecule has 5 rings (SSSR count). The zero-order chi connectivity index (χ0) is 34.3. The van der Waals surface area contributed by atoms with E-state index in [0.717, 1.165) is 32.1 Å². The number of carbonyl (C=O) groups is 4. The van der Waals surface area contributed by atoms with Crippen molar-refractivity contribution in [3.8, 4) is 0 Å². The van der Waals surface area contributed by atoms with Crippen LogP contribution in [0.1, 0.15) is 82.3 Å². The zero-order valence-corrected chi connectivity index (χ0v) is 29.4. The molecule has 1 spiro atoms. The topological polar surface area (TPSA) is 125 Å². The Balaban J connectivity index is 1.44. The number of fused-ring (bicyclic) bond motifs is 1. The maximum atomic E-state index is 14.8. The van der Waals surface area contributed by atoms with Gasteiger partial charge in [0.05, 0.1) is 24.5 Å². The van der Waals surface area contributed by atoms with E-state index in [9.17, 15) is 24.3 Å². The van der Waals surface area contributed by atoms with Gasteiger partial charge in [-0.2, -0.15) is 0 Å². The number of nitrogens with one attached hydrogen (secondary N) is 1. The van der Waals surface area contributed by atoms with E-state index >= 15 is 0 Å². The molecule has 3 heterocycles. The molecule has 0 radical (unpaired) electrons. The molecule has 4 fully saturated rings. The smallest absolute Gasteiger partial charge is 0.313 e. The van der Waals surface area contributed by atoms with Crippen LogP contribution in [0.25, 0.3) is 0 Å². The van der Waals surface area contributed by atoms with E-state index in [1.54, 1.807) is 17.1 Å². The summed E-state index contributed by atoms with van der Waals surface area (Å²) in [6.07, 6.45) is 10.1. The molecule has 1 saturated carbocycles. The molecule has 7 atom stereocenters. The largest absolute Gasteiger partial charge is 0.455 e. The number of likely N-dealkylation sites (tertiary alicyclic amines) is 1. The number of carbonyl (C=O) groups excluding carboxylic acids is 4. The summed E-state index contributed by atoms with van der Waals surface area (Å²) < 4.78 is 12.9. The third-order valence-corrected chi connectivity index (χ3v) is 11.3. The predicted octanol–water partition coefficient (Wildman–Crippen LogP) is 4.61. The molecule has 1 aromatic carbocycles. The third-order valence-electron chi connectivity index (χ3n) is 10.5. The first-order chi connectivity index (χ1) is 23.3.